The third-order valence-electron chi connectivity index (χ3n) is 7.98. The molecule has 222 valence electrons. The molecule has 0 saturated carbocycles. The second-order valence-corrected chi connectivity index (χ2v) is 11.2. The average Bonchev–Trinajstić information content (AvgIpc) is 3.61. The fourth-order valence-electron chi connectivity index (χ4n) is 5.39. The molecule has 1 aromatic heterocycles. The maximum atomic E-state index is 12.7. The first-order chi connectivity index (χ1) is 19.8. The predicted molar refractivity (Wildman–Crippen MR) is 161 cm³/mol. The maximum absolute atomic E-state index is 12.7. The van der Waals surface area contributed by atoms with Gasteiger partial charge in [-0.2, -0.15) is 0 Å². The van der Waals surface area contributed by atoms with Gasteiger partial charge in [-0.3, -0.25) is 9.59 Å². The summed E-state index contributed by atoms with van der Waals surface area (Å²) in [5, 5.41) is 13.7. The summed E-state index contributed by atoms with van der Waals surface area (Å²) in [6, 6.07) is 13.3. The summed E-state index contributed by atoms with van der Waals surface area (Å²) in [4.78, 5) is 25.1. The molecule has 2 heterocycles. The Morgan fingerprint density at radius 1 is 1.17 bits per heavy atom. The number of carboxylic acid groups (broad SMARTS) is 1. The molecule has 1 amide bonds. The normalized spacial score (nSPS) is 16.4. The highest BCUT2D eigenvalue weighted by Gasteiger charge is 2.26. The Kier molecular flexibility index (Phi) is 10.7. The molecule has 1 fully saturated rings. The lowest BCUT2D eigenvalue weighted by molar-refractivity contribution is -0.137. The number of anilines is 1. The van der Waals surface area contributed by atoms with Gasteiger partial charge < -0.3 is 29.2 Å². The summed E-state index contributed by atoms with van der Waals surface area (Å²) in [7, 11) is 1.62. The van der Waals surface area contributed by atoms with E-state index >= 15 is 0 Å². The lowest BCUT2D eigenvalue weighted by atomic mass is 9.91. The summed E-state index contributed by atoms with van der Waals surface area (Å²) < 4.78 is 18.2. The van der Waals surface area contributed by atoms with Crippen molar-refractivity contribution < 1.29 is 28.6 Å². The van der Waals surface area contributed by atoms with Crippen molar-refractivity contribution in [3.63, 3.8) is 0 Å². The number of rotatable bonds is 15. The fraction of sp³-hybridized carbons (Fsp3) is 0.515. The van der Waals surface area contributed by atoms with E-state index < -0.39 is 5.97 Å². The van der Waals surface area contributed by atoms with Gasteiger partial charge in [0.25, 0.3) is 5.91 Å². The molecule has 8 heteroatoms. The zero-order valence-electron chi connectivity index (χ0n) is 24.8. The van der Waals surface area contributed by atoms with Crippen LogP contribution in [0.2, 0.25) is 0 Å². The van der Waals surface area contributed by atoms with Gasteiger partial charge in [0.15, 0.2) is 0 Å². The van der Waals surface area contributed by atoms with E-state index in [-0.39, 0.29) is 31.0 Å². The van der Waals surface area contributed by atoms with Crippen molar-refractivity contribution in [3.8, 4) is 5.75 Å². The molecule has 2 aromatic carbocycles. The van der Waals surface area contributed by atoms with Crippen LogP contribution in [-0.4, -0.2) is 54.8 Å². The third kappa shape index (κ3) is 8.03. The number of aryl methyl sites for hydroxylation is 1. The minimum Gasteiger partial charge on any atom is -0.491 e. The number of benzene rings is 2. The van der Waals surface area contributed by atoms with Crippen LogP contribution in [0.15, 0.2) is 46.9 Å². The van der Waals surface area contributed by atoms with E-state index in [2.05, 4.69) is 32.2 Å². The highest BCUT2D eigenvalue weighted by atomic mass is 16.5. The average molecular weight is 565 g/mol. The van der Waals surface area contributed by atoms with Crippen LogP contribution in [0.3, 0.4) is 0 Å². The first-order valence-corrected chi connectivity index (χ1v) is 14.9. The van der Waals surface area contributed by atoms with Gasteiger partial charge in [-0.15, -0.1) is 0 Å². The Morgan fingerprint density at radius 3 is 2.63 bits per heavy atom. The van der Waals surface area contributed by atoms with Gasteiger partial charge in [-0.05, 0) is 74.6 Å². The minimum atomic E-state index is -0.924. The number of ether oxygens (including phenoxy) is 2. The molecular formula is C33H44N2O6. The molecule has 3 atom stereocenters. The van der Waals surface area contributed by atoms with E-state index in [0.717, 1.165) is 66.0 Å². The highest BCUT2D eigenvalue weighted by molar-refractivity contribution is 5.94. The number of carbonyl (C=O) groups is 2. The monoisotopic (exact) mass is 564 g/mol. The van der Waals surface area contributed by atoms with Crippen LogP contribution in [0.1, 0.15) is 86.5 Å². The minimum absolute atomic E-state index is 0.0599. The summed E-state index contributed by atoms with van der Waals surface area (Å²) in [5.41, 5.74) is 3.34. The summed E-state index contributed by atoms with van der Waals surface area (Å²) in [6.07, 6.45) is 6.76. The Labute approximate surface area is 243 Å². The van der Waals surface area contributed by atoms with Gasteiger partial charge in [-0.1, -0.05) is 33.1 Å². The van der Waals surface area contributed by atoms with Crippen LogP contribution in [0.25, 0.3) is 11.0 Å². The van der Waals surface area contributed by atoms with Gasteiger partial charge in [0, 0.05) is 42.4 Å². The number of nitrogens with one attached hydrogen (secondary N) is 1. The molecule has 0 spiro atoms. The molecule has 0 aliphatic carbocycles. The van der Waals surface area contributed by atoms with Crippen molar-refractivity contribution in [1.82, 2.24) is 4.90 Å². The van der Waals surface area contributed by atoms with Gasteiger partial charge in [0.05, 0.1) is 18.6 Å². The molecule has 41 heavy (non-hydrogen) atoms. The van der Waals surface area contributed by atoms with E-state index in [4.69, 9.17) is 19.0 Å². The molecular weight excluding hydrogens is 520 g/mol. The number of unbranched alkanes of at least 4 members (excludes halogenated alkanes) is 2. The molecule has 3 unspecified atom stereocenters. The van der Waals surface area contributed by atoms with E-state index in [1.54, 1.807) is 19.2 Å². The molecule has 0 radical (unpaired) electrons. The van der Waals surface area contributed by atoms with E-state index in [0.29, 0.717) is 18.1 Å². The maximum Gasteiger partial charge on any atom is 0.305 e. The van der Waals surface area contributed by atoms with Gasteiger partial charge in [-0.25, -0.2) is 0 Å². The zero-order valence-corrected chi connectivity index (χ0v) is 24.8. The second kappa shape index (κ2) is 14.4. The second-order valence-electron chi connectivity index (χ2n) is 11.2. The van der Waals surface area contributed by atoms with E-state index in [1.807, 2.05) is 24.3 Å². The van der Waals surface area contributed by atoms with Crippen molar-refractivity contribution >= 4 is 28.5 Å². The molecule has 8 nitrogen and oxygen atoms in total. The van der Waals surface area contributed by atoms with Gasteiger partial charge in [0.2, 0.25) is 0 Å². The van der Waals surface area contributed by atoms with Crippen LogP contribution in [0.4, 0.5) is 5.69 Å². The van der Waals surface area contributed by atoms with Crippen molar-refractivity contribution in [3.05, 3.63) is 59.4 Å². The predicted octanol–water partition coefficient (Wildman–Crippen LogP) is 7.22. The Balaban J connectivity index is 1.53. The molecule has 1 saturated heterocycles. The summed E-state index contributed by atoms with van der Waals surface area (Å²) in [6.45, 7) is 8.10. The lowest BCUT2D eigenvalue weighted by Crippen LogP contribution is -2.29. The van der Waals surface area contributed by atoms with E-state index in [9.17, 15) is 9.59 Å². The smallest absolute Gasteiger partial charge is 0.305 e. The molecule has 1 aliphatic heterocycles. The number of hydrogen-bond acceptors (Lipinski definition) is 6. The number of carbonyl (C=O) groups excluding carboxylic acids is 1. The van der Waals surface area contributed by atoms with Crippen LogP contribution >= 0.6 is 0 Å². The standard InChI is InChI=1S/C33H44N2O6/c1-5-6-7-9-22(2)31(34-25-13-11-24(12-14-25)33(38)35(4)18-17-30(36)37)32-23(3)28-20-26(15-16-29(28)41-32)40-21-27-10-8-19-39-27/h11-16,20,22,27,31,34H,5-10,17-19,21H2,1-4H3,(H,36,37). The summed E-state index contributed by atoms with van der Waals surface area (Å²) in [5.74, 6) is 0.908. The van der Waals surface area contributed by atoms with E-state index in [1.165, 1.54) is 17.7 Å². The number of hydrogen-bond donors (Lipinski definition) is 2. The van der Waals surface area contributed by atoms with Crippen molar-refractivity contribution in [2.75, 3.05) is 32.1 Å². The van der Waals surface area contributed by atoms with Crippen LogP contribution < -0.4 is 10.1 Å². The molecule has 4 rings (SSSR count). The number of amides is 1. The topological polar surface area (TPSA) is 101 Å². The number of fused-ring (bicyclic) bond motifs is 1. The highest BCUT2D eigenvalue weighted by Crippen LogP contribution is 2.38. The first-order valence-electron chi connectivity index (χ1n) is 14.9. The largest absolute Gasteiger partial charge is 0.491 e. The van der Waals surface area contributed by atoms with Crippen molar-refractivity contribution in [2.24, 2.45) is 5.92 Å². The van der Waals surface area contributed by atoms with Gasteiger partial charge in [0.1, 0.15) is 23.7 Å². The quantitative estimate of drug-likeness (QED) is 0.188. The Morgan fingerprint density at radius 2 is 1.95 bits per heavy atom. The molecule has 3 aromatic rings. The fourth-order valence-corrected chi connectivity index (χ4v) is 5.39. The lowest BCUT2D eigenvalue weighted by Gasteiger charge is -2.25. The number of furan rings is 1. The molecule has 2 N–H and O–H groups in total. The van der Waals surface area contributed by atoms with Crippen LogP contribution in [0.5, 0.6) is 5.75 Å². The van der Waals surface area contributed by atoms with Crippen LogP contribution in [0, 0.1) is 12.8 Å². The zero-order chi connectivity index (χ0) is 29.4. The number of aliphatic carboxylic acids is 1. The number of carboxylic acids is 1. The molecule has 1 aliphatic rings. The Bertz CT molecular complexity index is 1300. The number of nitrogens with zero attached hydrogens (tertiary/aromatic N) is 1. The third-order valence-corrected chi connectivity index (χ3v) is 7.98. The molecule has 0 bridgehead atoms. The summed E-state index contributed by atoms with van der Waals surface area (Å²) >= 11 is 0. The SMILES string of the molecule is CCCCCC(C)C(Nc1ccc(C(=O)N(C)CCC(=O)O)cc1)c1oc2ccc(OCC3CCCO3)cc2c1C. The van der Waals surface area contributed by atoms with Gasteiger partial charge >= 0.3 is 5.97 Å². The van der Waals surface area contributed by atoms with Crippen molar-refractivity contribution in [2.45, 2.75) is 77.9 Å². The Hall–Kier alpha value is -3.52. The van der Waals surface area contributed by atoms with Crippen molar-refractivity contribution in [1.29, 1.82) is 0 Å². The van der Waals surface area contributed by atoms with Crippen LogP contribution in [-0.2, 0) is 9.53 Å². The first kappa shape index (κ1) is 30.4.